The molecule has 1 amide bonds. The first-order valence-corrected chi connectivity index (χ1v) is 5.57. The molecule has 0 bridgehead atoms. The fourth-order valence-corrected chi connectivity index (χ4v) is 1.77. The third kappa shape index (κ3) is 3.29. The predicted octanol–water partition coefficient (Wildman–Crippen LogP) is 1.29. The molecule has 3 heteroatoms. The van der Waals surface area contributed by atoms with Gasteiger partial charge in [0.25, 0.3) is 0 Å². The van der Waals surface area contributed by atoms with Crippen molar-refractivity contribution in [1.82, 2.24) is 10.6 Å². The zero-order valence-corrected chi connectivity index (χ0v) is 9.52. The van der Waals surface area contributed by atoms with Crippen molar-refractivity contribution in [2.24, 2.45) is 5.92 Å². The molecular weight excluding hydrogens is 176 g/mol. The molecule has 2 atom stereocenters. The Morgan fingerprint density at radius 2 is 2.36 bits per heavy atom. The molecule has 0 aromatic carbocycles. The summed E-state index contributed by atoms with van der Waals surface area (Å²) in [6.45, 7) is 8.27. The summed E-state index contributed by atoms with van der Waals surface area (Å²) in [4.78, 5) is 11.6. The Morgan fingerprint density at radius 3 is 2.86 bits per heavy atom. The Morgan fingerprint density at radius 1 is 1.64 bits per heavy atom. The Balaban J connectivity index is 2.32. The molecule has 2 unspecified atom stereocenters. The summed E-state index contributed by atoms with van der Waals surface area (Å²) in [6.07, 6.45) is 2.77. The van der Waals surface area contributed by atoms with Crippen LogP contribution in [0, 0.1) is 5.92 Å². The third-order valence-electron chi connectivity index (χ3n) is 3.04. The lowest BCUT2D eigenvalue weighted by molar-refractivity contribution is -0.123. The van der Waals surface area contributed by atoms with Crippen LogP contribution in [0.1, 0.15) is 40.0 Å². The first kappa shape index (κ1) is 11.5. The van der Waals surface area contributed by atoms with E-state index in [0.29, 0.717) is 12.3 Å². The van der Waals surface area contributed by atoms with Gasteiger partial charge in [-0.2, -0.15) is 0 Å². The maximum Gasteiger partial charge on any atom is 0.220 e. The zero-order valence-electron chi connectivity index (χ0n) is 9.52. The molecule has 1 saturated heterocycles. The van der Waals surface area contributed by atoms with Crippen LogP contribution in [0.5, 0.6) is 0 Å². The summed E-state index contributed by atoms with van der Waals surface area (Å²) in [7, 11) is 0. The number of hydrogen-bond acceptors (Lipinski definition) is 2. The second-order valence-corrected chi connectivity index (χ2v) is 4.75. The van der Waals surface area contributed by atoms with Gasteiger partial charge < -0.3 is 10.6 Å². The summed E-state index contributed by atoms with van der Waals surface area (Å²) < 4.78 is 0. The monoisotopic (exact) mass is 198 g/mol. The highest BCUT2D eigenvalue weighted by molar-refractivity contribution is 5.77. The number of rotatable bonds is 4. The minimum Gasteiger partial charge on any atom is -0.350 e. The van der Waals surface area contributed by atoms with Gasteiger partial charge >= 0.3 is 0 Å². The highest BCUT2D eigenvalue weighted by Crippen LogP contribution is 2.14. The quantitative estimate of drug-likeness (QED) is 0.714. The fraction of sp³-hybridized carbons (Fsp3) is 0.909. The number of nitrogens with one attached hydrogen (secondary N) is 2. The van der Waals surface area contributed by atoms with Gasteiger partial charge in [0, 0.05) is 13.0 Å². The van der Waals surface area contributed by atoms with Crippen molar-refractivity contribution >= 4 is 5.91 Å². The number of amides is 1. The van der Waals surface area contributed by atoms with E-state index < -0.39 is 0 Å². The minimum absolute atomic E-state index is 0.00938. The van der Waals surface area contributed by atoms with Crippen molar-refractivity contribution in [3.63, 3.8) is 0 Å². The fourth-order valence-electron chi connectivity index (χ4n) is 1.77. The van der Waals surface area contributed by atoms with E-state index in [9.17, 15) is 4.79 Å². The maximum atomic E-state index is 11.6. The average molecular weight is 198 g/mol. The van der Waals surface area contributed by atoms with Crippen LogP contribution in [0.2, 0.25) is 0 Å². The summed E-state index contributed by atoms with van der Waals surface area (Å²) in [6, 6.07) is 0. The van der Waals surface area contributed by atoms with Gasteiger partial charge in [-0.05, 0) is 25.8 Å². The lowest BCUT2D eigenvalue weighted by Crippen LogP contribution is -2.47. The predicted molar refractivity (Wildman–Crippen MR) is 58.1 cm³/mol. The Hall–Kier alpha value is -0.570. The van der Waals surface area contributed by atoms with Gasteiger partial charge in [0.2, 0.25) is 5.91 Å². The van der Waals surface area contributed by atoms with E-state index in [1.807, 2.05) is 0 Å². The van der Waals surface area contributed by atoms with E-state index in [1.54, 1.807) is 0 Å². The van der Waals surface area contributed by atoms with Gasteiger partial charge in [-0.1, -0.05) is 20.3 Å². The van der Waals surface area contributed by atoms with E-state index in [4.69, 9.17) is 0 Å². The lowest BCUT2D eigenvalue weighted by Gasteiger charge is -2.25. The summed E-state index contributed by atoms with van der Waals surface area (Å²) in [5, 5.41) is 6.39. The smallest absolute Gasteiger partial charge is 0.220 e. The highest BCUT2D eigenvalue weighted by atomic mass is 16.1. The van der Waals surface area contributed by atoms with Crippen molar-refractivity contribution in [2.75, 3.05) is 13.1 Å². The minimum atomic E-state index is -0.00938. The van der Waals surface area contributed by atoms with E-state index in [0.717, 1.165) is 25.9 Å². The number of carbonyl (C=O) groups is 1. The van der Waals surface area contributed by atoms with Crippen molar-refractivity contribution < 1.29 is 4.79 Å². The normalized spacial score (nSPS) is 28.8. The second-order valence-electron chi connectivity index (χ2n) is 4.75. The standard InChI is InChI=1S/C11H22N2O/c1-4-9(2)7-10(14)13-11(3)5-6-12-8-11/h9,12H,4-8H2,1-3H3,(H,13,14). The number of carbonyl (C=O) groups excluding carboxylic acids is 1. The van der Waals surface area contributed by atoms with Crippen LogP contribution < -0.4 is 10.6 Å². The van der Waals surface area contributed by atoms with Crippen LogP contribution >= 0.6 is 0 Å². The lowest BCUT2D eigenvalue weighted by atomic mass is 9.99. The van der Waals surface area contributed by atoms with Crippen LogP contribution in [0.15, 0.2) is 0 Å². The highest BCUT2D eigenvalue weighted by Gasteiger charge is 2.29. The topological polar surface area (TPSA) is 41.1 Å². The molecule has 1 aliphatic rings. The van der Waals surface area contributed by atoms with Crippen LogP contribution in [0.25, 0.3) is 0 Å². The van der Waals surface area contributed by atoms with Crippen molar-refractivity contribution in [1.29, 1.82) is 0 Å². The van der Waals surface area contributed by atoms with Gasteiger partial charge in [0.1, 0.15) is 0 Å². The summed E-state index contributed by atoms with van der Waals surface area (Å²) in [5.41, 5.74) is -0.00938. The summed E-state index contributed by atoms with van der Waals surface area (Å²) in [5.74, 6) is 0.693. The van der Waals surface area contributed by atoms with E-state index in [-0.39, 0.29) is 11.4 Å². The van der Waals surface area contributed by atoms with Gasteiger partial charge in [-0.25, -0.2) is 0 Å². The Kier molecular flexibility index (Phi) is 3.93. The van der Waals surface area contributed by atoms with Crippen LogP contribution in [-0.2, 0) is 4.79 Å². The van der Waals surface area contributed by atoms with Crippen LogP contribution in [0.4, 0.5) is 0 Å². The van der Waals surface area contributed by atoms with E-state index >= 15 is 0 Å². The molecule has 0 aromatic heterocycles. The third-order valence-corrected chi connectivity index (χ3v) is 3.04. The molecule has 1 rings (SSSR count). The molecule has 82 valence electrons. The van der Waals surface area contributed by atoms with E-state index in [2.05, 4.69) is 31.4 Å². The first-order valence-electron chi connectivity index (χ1n) is 5.57. The average Bonchev–Trinajstić information content (AvgIpc) is 2.51. The summed E-state index contributed by atoms with van der Waals surface area (Å²) >= 11 is 0. The van der Waals surface area contributed by atoms with Gasteiger partial charge in [-0.3, -0.25) is 4.79 Å². The molecule has 1 fully saturated rings. The molecule has 0 saturated carbocycles. The molecule has 0 aliphatic carbocycles. The molecule has 3 nitrogen and oxygen atoms in total. The first-order chi connectivity index (χ1) is 6.56. The molecule has 0 radical (unpaired) electrons. The zero-order chi connectivity index (χ0) is 10.6. The van der Waals surface area contributed by atoms with Crippen LogP contribution in [-0.4, -0.2) is 24.5 Å². The molecular formula is C11H22N2O. The molecule has 1 heterocycles. The molecule has 0 spiro atoms. The van der Waals surface area contributed by atoms with Crippen LogP contribution in [0.3, 0.4) is 0 Å². The number of hydrogen-bond donors (Lipinski definition) is 2. The van der Waals surface area contributed by atoms with Gasteiger partial charge in [0.15, 0.2) is 0 Å². The van der Waals surface area contributed by atoms with E-state index in [1.165, 1.54) is 0 Å². The van der Waals surface area contributed by atoms with Gasteiger partial charge in [0.05, 0.1) is 5.54 Å². The molecule has 0 aromatic rings. The maximum absolute atomic E-state index is 11.6. The Bertz CT molecular complexity index is 197. The van der Waals surface area contributed by atoms with Crippen molar-refractivity contribution in [3.8, 4) is 0 Å². The molecule has 2 N–H and O–H groups in total. The largest absolute Gasteiger partial charge is 0.350 e. The molecule has 1 aliphatic heterocycles. The molecule has 14 heavy (non-hydrogen) atoms. The Labute approximate surface area is 86.6 Å². The van der Waals surface area contributed by atoms with Crippen molar-refractivity contribution in [2.45, 2.75) is 45.6 Å². The second kappa shape index (κ2) is 4.78. The SMILES string of the molecule is CCC(C)CC(=O)NC1(C)CCNC1. The van der Waals surface area contributed by atoms with Gasteiger partial charge in [-0.15, -0.1) is 0 Å². The van der Waals surface area contributed by atoms with Crippen molar-refractivity contribution in [3.05, 3.63) is 0 Å².